The molecule has 0 spiro atoms. The van der Waals surface area contributed by atoms with Crippen LogP contribution in [0.15, 0.2) is 24.3 Å². The summed E-state index contributed by atoms with van der Waals surface area (Å²) in [5.74, 6) is 0.0214. The van der Waals surface area contributed by atoms with E-state index in [1.807, 2.05) is 18.2 Å². The van der Waals surface area contributed by atoms with Crippen LogP contribution in [0, 0.1) is 5.92 Å². The Bertz CT molecular complexity index is 419. The van der Waals surface area contributed by atoms with Gasteiger partial charge < -0.3 is 14.7 Å². The molecule has 18 heavy (non-hydrogen) atoms. The van der Waals surface area contributed by atoms with Crippen LogP contribution in [0.1, 0.15) is 23.2 Å². The summed E-state index contributed by atoms with van der Waals surface area (Å²) in [6.07, 6.45) is 2.15. The second-order valence-corrected chi connectivity index (χ2v) is 4.68. The Kier molecular flexibility index (Phi) is 4.20. The van der Waals surface area contributed by atoms with E-state index in [2.05, 4.69) is 4.90 Å². The molecule has 1 aromatic rings. The fraction of sp³-hybridized carbons (Fsp3) is 0.500. The molecule has 0 amide bonds. The number of hydrogen-bond donors (Lipinski definition) is 1. The highest BCUT2D eigenvalue weighted by Crippen LogP contribution is 2.23. The molecular weight excluding hydrogens is 230 g/mol. The van der Waals surface area contributed by atoms with Gasteiger partial charge in [0.05, 0.1) is 12.7 Å². The summed E-state index contributed by atoms with van der Waals surface area (Å²) in [4.78, 5) is 13.7. The molecule has 1 aliphatic rings. The van der Waals surface area contributed by atoms with Crippen LogP contribution in [0.4, 0.5) is 5.69 Å². The highest BCUT2D eigenvalue weighted by atomic mass is 16.5. The highest BCUT2D eigenvalue weighted by molar-refractivity contribution is 5.90. The lowest BCUT2D eigenvalue weighted by Gasteiger charge is -2.33. The van der Waals surface area contributed by atoms with Crippen molar-refractivity contribution in [2.75, 3.05) is 31.7 Å². The van der Waals surface area contributed by atoms with Crippen molar-refractivity contribution in [1.29, 1.82) is 0 Å². The number of rotatable bonds is 3. The fourth-order valence-electron chi connectivity index (χ4n) is 2.40. The Morgan fingerprint density at radius 2 is 2.39 bits per heavy atom. The molecule has 1 aromatic carbocycles. The fourth-order valence-corrected chi connectivity index (χ4v) is 2.40. The first-order valence-electron chi connectivity index (χ1n) is 6.28. The van der Waals surface area contributed by atoms with E-state index in [0.29, 0.717) is 11.5 Å². The van der Waals surface area contributed by atoms with E-state index in [-0.39, 0.29) is 12.6 Å². The minimum absolute atomic E-state index is 0.229. The maximum absolute atomic E-state index is 11.5. The molecule has 1 aliphatic heterocycles. The summed E-state index contributed by atoms with van der Waals surface area (Å²) in [5.41, 5.74) is 1.59. The van der Waals surface area contributed by atoms with Gasteiger partial charge in [-0.3, -0.25) is 0 Å². The quantitative estimate of drug-likeness (QED) is 0.828. The Morgan fingerprint density at radius 3 is 3.11 bits per heavy atom. The van der Waals surface area contributed by atoms with Crippen LogP contribution < -0.4 is 4.90 Å². The van der Waals surface area contributed by atoms with Crippen LogP contribution >= 0.6 is 0 Å². The summed E-state index contributed by atoms with van der Waals surface area (Å²) in [6.45, 7) is 2.05. The second-order valence-electron chi connectivity index (χ2n) is 4.68. The summed E-state index contributed by atoms with van der Waals surface area (Å²) < 4.78 is 4.72. The van der Waals surface area contributed by atoms with Crippen LogP contribution in [-0.2, 0) is 4.74 Å². The SMILES string of the molecule is COC(=O)c1cccc(N2CCCC(CO)C2)c1. The molecule has 0 bridgehead atoms. The Hall–Kier alpha value is -1.55. The van der Waals surface area contributed by atoms with Gasteiger partial charge >= 0.3 is 5.97 Å². The van der Waals surface area contributed by atoms with E-state index >= 15 is 0 Å². The zero-order valence-corrected chi connectivity index (χ0v) is 10.6. The number of hydrogen-bond acceptors (Lipinski definition) is 4. The standard InChI is InChI=1S/C14H19NO3/c1-18-14(17)12-5-2-6-13(8-12)15-7-3-4-11(9-15)10-16/h2,5-6,8,11,16H,3-4,7,9-10H2,1H3. The van der Waals surface area contributed by atoms with Gasteiger partial charge in [-0.25, -0.2) is 4.79 Å². The molecular formula is C14H19NO3. The number of aliphatic hydroxyl groups excluding tert-OH is 1. The van der Waals surface area contributed by atoms with Crippen LogP contribution in [0.3, 0.4) is 0 Å². The smallest absolute Gasteiger partial charge is 0.337 e. The summed E-state index contributed by atoms with van der Waals surface area (Å²) in [6, 6.07) is 7.46. The van der Waals surface area contributed by atoms with Crippen molar-refractivity contribution in [3.05, 3.63) is 29.8 Å². The minimum atomic E-state index is -0.312. The topological polar surface area (TPSA) is 49.8 Å². The first-order chi connectivity index (χ1) is 8.74. The maximum Gasteiger partial charge on any atom is 0.337 e. The maximum atomic E-state index is 11.5. The number of ether oxygens (including phenoxy) is 1. The number of anilines is 1. The Labute approximate surface area is 107 Å². The van der Waals surface area contributed by atoms with E-state index < -0.39 is 0 Å². The molecule has 0 radical (unpaired) electrons. The Morgan fingerprint density at radius 1 is 1.56 bits per heavy atom. The van der Waals surface area contributed by atoms with Gasteiger partial charge in [0, 0.05) is 25.4 Å². The normalized spacial score (nSPS) is 19.7. The predicted molar refractivity (Wildman–Crippen MR) is 69.8 cm³/mol. The first-order valence-corrected chi connectivity index (χ1v) is 6.28. The number of methoxy groups -OCH3 is 1. The van der Waals surface area contributed by atoms with Crippen LogP contribution in [0.2, 0.25) is 0 Å². The number of carbonyl (C=O) groups is 1. The third-order valence-electron chi connectivity index (χ3n) is 3.41. The van der Waals surface area contributed by atoms with E-state index in [1.165, 1.54) is 7.11 Å². The van der Waals surface area contributed by atoms with E-state index in [1.54, 1.807) is 6.07 Å². The molecule has 0 aliphatic carbocycles. The Balaban J connectivity index is 2.15. The number of nitrogens with zero attached hydrogens (tertiary/aromatic N) is 1. The number of piperidine rings is 1. The monoisotopic (exact) mass is 249 g/mol. The number of carbonyl (C=O) groups excluding carboxylic acids is 1. The number of aliphatic hydroxyl groups is 1. The van der Waals surface area contributed by atoms with Crippen molar-refractivity contribution < 1.29 is 14.6 Å². The molecule has 1 N–H and O–H groups in total. The van der Waals surface area contributed by atoms with Gasteiger partial charge in [-0.15, -0.1) is 0 Å². The van der Waals surface area contributed by atoms with Crippen molar-refractivity contribution in [2.45, 2.75) is 12.8 Å². The predicted octanol–water partition coefficient (Wildman–Crippen LogP) is 1.68. The highest BCUT2D eigenvalue weighted by Gasteiger charge is 2.20. The average molecular weight is 249 g/mol. The minimum Gasteiger partial charge on any atom is -0.465 e. The van der Waals surface area contributed by atoms with Crippen molar-refractivity contribution in [1.82, 2.24) is 0 Å². The summed E-state index contributed by atoms with van der Waals surface area (Å²) in [7, 11) is 1.39. The van der Waals surface area contributed by atoms with Crippen LogP contribution in [0.5, 0.6) is 0 Å². The van der Waals surface area contributed by atoms with Gasteiger partial charge in [0.1, 0.15) is 0 Å². The lowest BCUT2D eigenvalue weighted by atomic mass is 9.98. The van der Waals surface area contributed by atoms with Crippen LogP contribution in [0.25, 0.3) is 0 Å². The molecule has 2 rings (SSSR count). The third-order valence-corrected chi connectivity index (χ3v) is 3.41. The molecule has 4 heteroatoms. The third kappa shape index (κ3) is 2.82. The summed E-state index contributed by atoms with van der Waals surface area (Å²) in [5, 5.41) is 9.24. The molecule has 1 unspecified atom stereocenters. The van der Waals surface area contributed by atoms with E-state index in [4.69, 9.17) is 4.74 Å². The first kappa shape index (κ1) is 12.9. The second kappa shape index (κ2) is 5.87. The van der Waals surface area contributed by atoms with E-state index in [0.717, 1.165) is 31.6 Å². The molecule has 1 fully saturated rings. The van der Waals surface area contributed by atoms with Gasteiger partial charge in [-0.1, -0.05) is 6.07 Å². The van der Waals surface area contributed by atoms with Gasteiger partial charge in [0.15, 0.2) is 0 Å². The molecule has 1 saturated heterocycles. The number of esters is 1. The molecule has 98 valence electrons. The van der Waals surface area contributed by atoms with Gasteiger partial charge in [0.2, 0.25) is 0 Å². The van der Waals surface area contributed by atoms with E-state index in [9.17, 15) is 9.90 Å². The largest absolute Gasteiger partial charge is 0.465 e. The molecule has 4 nitrogen and oxygen atoms in total. The zero-order chi connectivity index (χ0) is 13.0. The average Bonchev–Trinajstić information content (AvgIpc) is 2.46. The molecule has 1 atom stereocenters. The molecule has 1 heterocycles. The van der Waals surface area contributed by atoms with Gasteiger partial charge in [-0.2, -0.15) is 0 Å². The summed E-state index contributed by atoms with van der Waals surface area (Å²) >= 11 is 0. The van der Waals surface area contributed by atoms with Gasteiger partial charge in [-0.05, 0) is 37.0 Å². The van der Waals surface area contributed by atoms with Gasteiger partial charge in [0.25, 0.3) is 0 Å². The van der Waals surface area contributed by atoms with Crippen molar-refractivity contribution in [2.24, 2.45) is 5.92 Å². The zero-order valence-electron chi connectivity index (χ0n) is 10.6. The van der Waals surface area contributed by atoms with Crippen molar-refractivity contribution >= 4 is 11.7 Å². The van der Waals surface area contributed by atoms with Crippen molar-refractivity contribution in [3.8, 4) is 0 Å². The lowest BCUT2D eigenvalue weighted by Crippen LogP contribution is -2.36. The number of benzene rings is 1. The lowest BCUT2D eigenvalue weighted by molar-refractivity contribution is 0.0600. The molecule has 0 aromatic heterocycles. The van der Waals surface area contributed by atoms with Crippen LogP contribution in [-0.4, -0.2) is 37.9 Å². The molecule has 0 saturated carbocycles. The van der Waals surface area contributed by atoms with Crippen molar-refractivity contribution in [3.63, 3.8) is 0 Å².